The van der Waals surface area contributed by atoms with Crippen molar-refractivity contribution in [2.24, 2.45) is 5.92 Å². The van der Waals surface area contributed by atoms with Crippen LogP contribution in [0.2, 0.25) is 0 Å². The summed E-state index contributed by atoms with van der Waals surface area (Å²) in [7, 11) is 0. The zero-order chi connectivity index (χ0) is 20.2. The molecule has 0 radical (unpaired) electrons. The van der Waals surface area contributed by atoms with E-state index in [2.05, 4.69) is 15.5 Å². The molecule has 0 spiro atoms. The fourth-order valence-electron chi connectivity index (χ4n) is 4.41. The molecule has 2 amide bonds. The quantitative estimate of drug-likeness (QED) is 0.844. The Morgan fingerprint density at radius 1 is 1.07 bits per heavy atom. The lowest BCUT2D eigenvalue weighted by Gasteiger charge is -2.34. The first-order chi connectivity index (χ1) is 14.1. The van der Waals surface area contributed by atoms with Crippen molar-refractivity contribution in [3.05, 3.63) is 30.2 Å². The average molecular weight is 396 g/mol. The van der Waals surface area contributed by atoms with Crippen LogP contribution in [0, 0.1) is 5.92 Å². The summed E-state index contributed by atoms with van der Waals surface area (Å²) in [5.74, 6) is 1.63. The summed E-state index contributed by atoms with van der Waals surface area (Å²) in [4.78, 5) is 30.6. The van der Waals surface area contributed by atoms with Crippen molar-refractivity contribution >= 4 is 17.5 Å². The average Bonchev–Trinajstić information content (AvgIpc) is 3.24. The summed E-state index contributed by atoms with van der Waals surface area (Å²) in [6.07, 6.45) is 7.56. The van der Waals surface area contributed by atoms with E-state index in [0.717, 1.165) is 43.5 Å². The molecule has 1 atom stereocenters. The second-order valence-electron chi connectivity index (χ2n) is 8.17. The lowest BCUT2D eigenvalue weighted by molar-refractivity contribution is -0.137. The molecule has 7 heteroatoms. The highest BCUT2D eigenvalue weighted by Gasteiger charge is 2.32. The van der Waals surface area contributed by atoms with Gasteiger partial charge < -0.3 is 14.7 Å². The monoisotopic (exact) mass is 396 g/mol. The number of benzene rings is 1. The number of aromatic nitrogens is 2. The first-order valence-electron chi connectivity index (χ1n) is 10.6. The van der Waals surface area contributed by atoms with Crippen LogP contribution in [0.1, 0.15) is 63.7 Å². The standard InChI is InChI=1S/C22H28N4O3/c1-15(27)23-19-11-9-16(10-12-19)20-24-21(29-25-20)18-8-5-13-26(14-18)22(28)17-6-3-2-4-7-17/h9-12,17-18H,2-8,13-14H2,1H3,(H,23,27)/t18-/m1/s1. The number of likely N-dealkylation sites (tertiary alicyclic amines) is 1. The Morgan fingerprint density at radius 3 is 2.55 bits per heavy atom. The molecule has 1 aliphatic carbocycles. The second-order valence-corrected chi connectivity index (χ2v) is 8.17. The van der Waals surface area contributed by atoms with Gasteiger partial charge in [0, 0.05) is 37.2 Å². The molecular weight excluding hydrogens is 368 g/mol. The minimum atomic E-state index is -0.107. The van der Waals surface area contributed by atoms with E-state index in [1.807, 2.05) is 29.2 Å². The summed E-state index contributed by atoms with van der Waals surface area (Å²) < 4.78 is 5.56. The van der Waals surface area contributed by atoms with E-state index in [9.17, 15) is 9.59 Å². The van der Waals surface area contributed by atoms with E-state index in [0.29, 0.717) is 24.2 Å². The Morgan fingerprint density at radius 2 is 1.83 bits per heavy atom. The molecule has 2 fully saturated rings. The lowest BCUT2D eigenvalue weighted by atomic mass is 9.87. The summed E-state index contributed by atoms with van der Waals surface area (Å²) >= 11 is 0. The van der Waals surface area contributed by atoms with Crippen LogP contribution in [0.25, 0.3) is 11.4 Å². The van der Waals surface area contributed by atoms with E-state index in [1.165, 1.54) is 26.2 Å². The van der Waals surface area contributed by atoms with Crippen molar-refractivity contribution in [3.8, 4) is 11.4 Å². The molecule has 0 unspecified atom stereocenters. The highest BCUT2D eigenvalue weighted by Crippen LogP contribution is 2.31. The zero-order valence-corrected chi connectivity index (χ0v) is 16.9. The third-order valence-electron chi connectivity index (χ3n) is 5.94. The van der Waals surface area contributed by atoms with Crippen molar-refractivity contribution in [2.45, 2.75) is 57.8 Å². The molecule has 2 aliphatic rings. The molecular formula is C22H28N4O3. The van der Waals surface area contributed by atoms with Crippen molar-refractivity contribution in [2.75, 3.05) is 18.4 Å². The molecule has 154 valence electrons. The van der Waals surface area contributed by atoms with Gasteiger partial charge in [0.05, 0.1) is 5.92 Å². The predicted octanol–water partition coefficient (Wildman–Crippen LogP) is 3.98. The SMILES string of the molecule is CC(=O)Nc1ccc(-c2noc([C@@H]3CCCN(C(=O)C4CCCCC4)C3)n2)cc1. The number of carbonyl (C=O) groups excluding carboxylic acids is 2. The summed E-state index contributed by atoms with van der Waals surface area (Å²) in [6.45, 7) is 2.97. The van der Waals surface area contributed by atoms with Gasteiger partial charge in [-0.15, -0.1) is 0 Å². The molecule has 1 aromatic carbocycles. The Labute approximate surface area is 170 Å². The Hall–Kier alpha value is -2.70. The number of hydrogen-bond acceptors (Lipinski definition) is 5. The molecule has 1 saturated heterocycles. The molecule has 7 nitrogen and oxygen atoms in total. The van der Waals surface area contributed by atoms with Crippen LogP contribution in [0.15, 0.2) is 28.8 Å². The Kier molecular flexibility index (Phi) is 5.92. The molecule has 1 saturated carbocycles. The van der Waals surface area contributed by atoms with Crippen LogP contribution < -0.4 is 5.32 Å². The van der Waals surface area contributed by atoms with Gasteiger partial charge in [-0.25, -0.2) is 0 Å². The number of nitrogens with zero attached hydrogens (tertiary/aromatic N) is 3. The molecule has 1 aliphatic heterocycles. The maximum Gasteiger partial charge on any atom is 0.231 e. The van der Waals surface area contributed by atoms with Crippen LogP contribution >= 0.6 is 0 Å². The van der Waals surface area contributed by atoms with E-state index < -0.39 is 0 Å². The molecule has 29 heavy (non-hydrogen) atoms. The van der Waals surface area contributed by atoms with Gasteiger partial charge in [0.1, 0.15) is 0 Å². The smallest absolute Gasteiger partial charge is 0.231 e. The Balaban J connectivity index is 1.42. The van der Waals surface area contributed by atoms with Crippen molar-refractivity contribution in [3.63, 3.8) is 0 Å². The summed E-state index contributed by atoms with van der Waals surface area (Å²) in [6, 6.07) is 7.36. The van der Waals surface area contributed by atoms with Gasteiger partial charge in [0.2, 0.25) is 23.5 Å². The zero-order valence-electron chi connectivity index (χ0n) is 16.9. The fourth-order valence-corrected chi connectivity index (χ4v) is 4.41. The van der Waals surface area contributed by atoms with Gasteiger partial charge in [-0.3, -0.25) is 9.59 Å². The molecule has 4 rings (SSSR count). The largest absolute Gasteiger partial charge is 0.342 e. The third kappa shape index (κ3) is 4.66. The number of carbonyl (C=O) groups is 2. The van der Waals surface area contributed by atoms with Crippen LogP contribution in [0.4, 0.5) is 5.69 Å². The van der Waals surface area contributed by atoms with Crippen LogP contribution in [-0.4, -0.2) is 39.9 Å². The van der Waals surface area contributed by atoms with Gasteiger partial charge >= 0.3 is 0 Å². The summed E-state index contributed by atoms with van der Waals surface area (Å²) in [5.41, 5.74) is 1.56. The number of anilines is 1. The lowest BCUT2D eigenvalue weighted by Crippen LogP contribution is -2.42. The number of hydrogen-bond donors (Lipinski definition) is 1. The molecule has 1 N–H and O–H groups in total. The predicted molar refractivity (Wildman–Crippen MR) is 109 cm³/mol. The number of amides is 2. The summed E-state index contributed by atoms with van der Waals surface area (Å²) in [5, 5.41) is 6.88. The first kappa shape index (κ1) is 19.6. The van der Waals surface area contributed by atoms with Gasteiger partial charge in [-0.1, -0.05) is 24.4 Å². The van der Waals surface area contributed by atoms with Gasteiger partial charge in [-0.05, 0) is 49.9 Å². The van der Waals surface area contributed by atoms with E-state index >= 15 is 0 Å². The van der Waals surface area contributed by atoms with Gasteiger partial charge in [0.25, 0.3) is 0 Å². The van der Waals surface area contributed by atoms with Crippen LogP contribution in [0.5, 0.6) is 0 Å². The van der Waals surface area contributed by atoms with E-state index in [-0.39, 0.29) is 17.7 Å². The number of piperidine rings is 1. The minimum Gasteiger partial charge on any atom is -0.342 e. The van der Waals surface area contributed by atoms with Crippen molar-refractivity contribution in [1.82, 2.24) is 15.0 Å². The maximum absolute atomic E-state index is 12.9. The normalized spacial score (nSPS) is 20.4. The maximum atomic E-state index is 12.9. The molecule has 1 aromatic heterocycles. The topological polar surface area (TPSA) is 88.3 Å². The highest BCUT2D eigenvalue weighted by atomic mass is 16.5. The second kappa shape index (κ2) is 8.76. The van der Waals surface area contributed by atoms with Crippen LogP contribution in [0.3, 0.4) is 0 Å². The minimum absolute atomic E-state index is 0.0937. The fraction of sp³-hybridized carbons (Fsp3) is 0.545. The van der Waals surface area contributed by atoms with E-state index in [1.54, 1.807) is 0 Å². The van der Waals surface area contributed by atoms with Crippen molar-refractivity contribution in [1.29, 1.82) is 0 Å². The number of nitrogens with one attached hydrogen (secondary N) is 1. The van der Waals surface area contributed by atoms with Gasteiger partial charge in [0.15, 0.2) is 0 Å². The third-order valence-corrected chi connectivity index (χ3v) is 5.94. The van der Waals surface area contributed by atoms with E-state index in [4.69, 9.17) is 4.52 Å². The van der Waals surface area contributed by atoms with Crippen LogP contribution in [-0.2, 0) is 9.59 Å². The molecule has 2 heterocycles. The Bertz CT molecular complexity index is 855. The van der Waals surface area contributed by atoms with Crippen molar-refractivity contribution < 1.29 is 14.1 Å². The first-order valence-corrected chi connectivity index (χ1v) is 10.6. The molecule has 2 aromatic rings. The highest BCUT2D eigenvalue weighted by molar-refractivity contribution is 5.88. The number of rotatable bonds is 4. The van der Waals surface area contributed by atoms with Gasteiger partial charge in [-0.2, -0.15) is 4.98 Å². The molecule has 0 bridgehead atoms.